The summed E-state index contributed by atoms with van der Waals surface area (Å²) in [6, 6.07) is 0. The van der Waals surface area contributed by atoms with Crippen LogP contribution in [0.4, 0.5) is 0 Å². The number of esters is 1. The van der Waals surface area contributed by atoms with Gasteiger partial charge in [0.15, 0.2) is 5.16 Å². The molecular weight excluding hydrogens is 218 g/mol. The number of aromatic amines is 1. The maximum atomic E-state index is 11.1. The molecule has 0 radical (unpaired) electrons. The lowest BCUT2D eigenvalue weighted by atomic mass is 10.7. The highest BCUT2D eigenvalue weighted by Crippen LogP contribution is 2.13. The number of aromatic nitrogens is 3. The average molecular weight is 229 g/mol. The van der Waals surface area contributed by atoms with E-state index in [9.17, 15) is 9.59 Å². The van der Waals surface area contributed by atoms with Gasteiger partial charge < -0.3 is 4.74 Å². The Bertz CT molecular complexity index is 421. The lowest BCUT2D eigenvalue weighted by molar-refractivity contribution is -0.134. The van der Waals surface area contributed by atoms with E-state index in [1.807, 2.05) is 6.92 Å². The van der Waals surface area contributed by atoms with E-state index in [0.29, 0.717) is 11.7 Å². The molecule has 0 aromatic carbocycles. The number of methoxy groups -OCH3 is 1. The number of ether oxygens (including phenoxy) is 1. The molecule has 0 fully saturated rings. The van der Waals surface area contributed by atoms with Gasteiger partial charge in [-0.2, -0.15) is 0 Å². The van der Waals surface area contributed by atoms with Crippen LogP contribution < -0.4 is 5.69 Å². The zero-order chi connectivity index (χ0) is 11.3. The van der Waals surface area contributed by atoms with Crippen LogP contribution in [0.3, 0.4) is 0 Å². The maximum Gasteiger partial charge on any atom is 0.343 e. The molecular formula is C8H11N3O3S. The molecule has 6 nitrogen and oxygen atoms in total. The van der Waals surface area contributed by atoms with Crippen molar-refractivity contribution in [2.45, 2.75) is 18.6 Å². The Balaban J connectivity index is 2.69. The number of H-pyrrole nitrogens is 1. The van der Waals surface area contributed by atoms with E-state index in [-0.39, 0.29) is 5.69 Å². The summed E-state index contributed by atoms with van der Waals surface area (Å²) < 4.78 is 5.88. The number of thioether (sulfide) groups is 1. The monoisotopic (exact) mass is 229 g/mol. The summed E-state index contributed by atoms with van der Waals surface area (Å²) in [6.45, 7) is 2.37. The molecule has 0 aliphatic rings. The molecule has 0 bridgehead atoms. The molecule has 0 unspecified atom stereocenters. The topological polar surface area (TPSA) is 77.0 Å². The third-order valence-electron chi connectivity index (χ3n) is 1.62. The fraction of sp³-hybridized carbons (Fsp3) is 0.375. The smallest absolute Gasteiger partial charge is 0.343 e. The molecule has 0 saturated heterocycles. The van der Waals surface area contributed by atoms with Crippen molar-refractivity contribution < 1.29 is 9.53 Å². The minimum Gasteiger partial charge on any atom is -0.466 e. The van der Waals surface area contributed by atoms with Crippen molar-refractivity contribution in [3.8, 4) is 0 Å². The first-order valence-electron chi connectivity index (χ1n) is 4.25. The molecule has 0 amide bonds. The van der Waals surface area contributed by atoms with Crippen LogP contribution in [0, 0.1) is 0 Å². The van der Waals surface area contributed by atoms with E-state index in [1.54, 1.807) is 0 Å². The summed E-state index contributed by atoms with van der Waals surface area (Å²) >= 11 is 1.18. The highest BCUT2D eigenvalue weighted by Gasteiger charge is 2.04. The van der Waals surface area contributed by atoms with Crippen LogP contribution in [0.5, 0.6) is 0 Å². The molecule has 1 aromatic rings. The van der Waals surface area contributed by atoms with Crippen molar-refractivity contribution in [2.24, 2.45) is 0 Å². The van der Waals surface area contributed by atoms with Gasteiger partial charge in [-0.3, -0.25) is 4.57 Å². The van der Waals surface area contributed by atoms with Crippen LogP contribution in [0.1, 0.15) is 6.92 Å². The number of rotatable bonds is 4. The average Bonchev–Trinajstić information content (AvgIpc) is 2.59. The summed E-state index contributed by atoms with van der Waals surface area (Å²) in [5, 5.41) is 8.16. The van der Waals surface area contributed by atoms with E-state index >= 15 is 0 Å². The van der Waals surface area contributed by atoms with Gasteiger partial charge in [-0.15, -0.1) is 5.10 Å². The van der Waals surface area contributed by atoms with E-state index in [4.69, 9.17) is 0 Å². The first-order chi connectivity index (χ1) is 7.19. The van der Waals surface area contributed by atoms with Gasteiger partial charge >= 0.3 is 11.7 Å². The summed E-state index contributed by atoms with van der Waals surface area (Å²) in [7, 11) is 1.30. The Hall–Kier alpha value is -1.50. The second kappa shape index (κ2) is 5.40. The highest BCUT2D eigenvalue weighted by molar-refractivity contribution is 8.02. The number of carbonyl (C=O) groups excluding carboxylic acids is 1. The van der Waals surface area contributed by atoms with Gasteiger partial charge in [0, 0.05) is 12.6 Å². The Morgan fingerprint density at radius 3 is 3.07 bits per heavy atom. The summed E-state index contributed by atoms with van der Waals surface area (Å²) in [5.41, 5.74) is -0.258. The van der Waals surface area contributed by atoms with E-state index in [2.05, 4.69) is 14.9 Å². The SMILES string of the molecule is CCn1c(SC=CC(=O)OC)n[nH]c1=O. The zero-order valence-electron chi connectivity index (χ0n) is 8.39. The lowest BCUT2D eigenvalue weighted by Crippen LogP contribution is -2.15. The maximum absolute atomic E-state index is 11.1. The first kappa shape index (κ1) is 11.6. The second-order valence-corrected chi connectivity index (χ2v) is 3.37. The van der Waals surface area contributed by atoms with Crippen LogP contribution >= 0.6 is 11.8 Å². The van der Waals surface area contributed by atoms with E-state index < -0.39 is 5.97 Å². The van der Waals surface area contributed by atoms with Crippen molar-refractivity contribution >= 4 is 17.7 Å². The molecule has 0 atom stereocenters. The normalized spacial score (nSPS) is 10.8. The van der Waals surface area contributed by atoms with Crippen LogP contribution in [-0.2, 0) is 16.1 Å². The van der Waals surface area contributed by atoms with Gasteiger partial charge in [-0.25, -0.2) is 14.7 Å². The largest absolute Gasteiger partial charge is 0.466 e. The molecule has 1 rings (SSSR count). The molecule has 7 heteroatoms. The predicted octanol–water partition coefficient (Wildman–Crippen LogP) is 0.370. The number of hydrogen-bond acceptors (Lipinski definition) is 5. The summed E-state index contributed by atoms with van der Waals surface area (Å²) in [5.74, 6) is -0.441. The van der Waals surface area contributed by atoms with Gasteiger partial charge in [0.05, 0.1) is 7.11 Å². The molecule has 1 N–H and O–H groups in total. The summed E-state index contributed by atoms with van der Waals surface area (Å²) in [6.07, 6.45) is 1.27. The molecule has 15 heavy (non-hydrogen) atoms. The fourth-order valence-electron chi connectivity index (χ4n) is 0.891. The number of carbonyl (C=O) groups is 1. The van der Waals surface area contributed by atoms with Crippen LogP contribution in [0.25, 0.3) is 0 Å². The lowest BCUT2D eigenvalue weighted by Gasteiger charge is -1.96. The molecule has 1 aromatic heterocycles. The molecule has 0 aliphatic carbocycles. The molecule has 0 saturated carbocycles. The minimum absolute atomic E-state index is 0.258. The molecule has 0 spiro atoms. The van der Waals surface area contributed by atoms with Crippen molar-refractivity contribution in [3.05, 3.63) is 22.0 Å². The first-order valence-corrected chi connectivity index (χ1v) is 5.13. The van der Waals surface area contributed by atoms with Crippen LogP contribution in [-0.4, -0.2) is 27.8 Å². The fourth-order valence-corrected chi connectivity index (χ4v) is 1.63. The minimum atomic E-state index is -0.441. The van der Waals surface area contributed by atoms with Gasteiger partial charge in [0.1, 0.15) is 0 Å². The molecule has 82 valence electrons. The Labute approximate surface area is 90.3 Å². The Kier molecular flexibility index (Phi) is 4.17. The third kappa shape index (κ3) is 2.98. The number of nitrogens with zero attached hydrogens (tertiary/aromatic N) is 2. The Morgan fingerprint density at radius 2 is 2.47 bits per heavy atom. The highest BCUT2D eigenvalue weighted by atomic mass is 32.2. The van der Waals surface area contributed by atoms with Crippen molar-refractivity contribution in [1.82, 2.24) is 14.8 Å². The molecule has 1 heterocycles. The van der Waals surface area contributed by atoms with Crippen LogP contribution in [0.2, 0.25) is 0 Å². The zero-order valence-corrected chi connectivity index (χ0v) is 9.21. The quantitative estimate of drug-likeness (QED) is 0.458. The Morgan fingerprint density at radius 1 is 1.73 bits per heavy atom. The predicted molar refractivity (Wildman–Crippen MR) is 55.5 cm³/mol. The summed E-state index contributed by atoms with van der Waals surface area (Å²) in [4.78, 5) is 21.9. The number of hydrogen-bond donors (Lipinski definition) is 1. The van der Waals surface area contributed by atoms with Crippen LogP contribution in [0.15, 0.2) is 21.4 Å². The van der Waals surface area contributed by atoms with E-state index in [1.165, 1.54) is 34.9 Å². The van der Waals surface area contributed by atoms with Gasteiger partial charge in [-0.1, -0.05) is 11.8 Å². The van der Waals surface area contributed by atoms with Crippen molar-refractivity contribution in [2.75, 3.05) is 7.11 Å². The van der Waals surface area contributed by atoms with Crippen molar-refractivity contribution in [1.29, 1.82) is 0 Å². The second-order valence-electron chi connectivity index (χ2n) is 2.50. The third-order valence-corrected chi connectivity index (χ3v) is 2.41. The van der Waals surface area contributed by atoms with Gasteiger partial charge in [0.25, 0.3) is 0 Å². The van der Waals surface area contributed by atoms with Crippen molar-refractivity contribution in [3.63, 3.8) is 0 Å². The van der Waals surface area contributed by atoms with E-state index in [0.717, 1.165) is 0 Å². The number of nitrogens with one attached hydrogen (secondary N) is 1. The van der Waals surface area contributed by atoms with Gasteiger partial charge in [-0.05, 0) is 12.3 Å². The van der Waals surface area contributed by atoms with Gasteiger partial charge in [0.2, 0.25) is 0 Å². The standard InChI is InChI=1S/C8H11N3O3S/c1-3-11-7(13)9-10-8(11)15-5-4-6(12)14-2/h4-5H,3H2,1-2H3,(H,9,13). The molecule has 0 aliphatic heterocycles.